The van der Waals surface area contributed by atoms with Gasteiger partial charge in [0.2, 0.25) is 12.1 Å². The largest absolute Gasteiger partial charge is 0.484 e. The summed E-state index contributed by atoms with van der Waals surface area (Å²) in [6.07, 6.45) is -1.09. The van der Waals surface area contributed by atoms with Gasteiger partial charge in [0.25, 0.3) is 11.6 Å². The van der Waals surface area contributed by atoms with Crippen molar-refractivity contribution in [1.29, 1.82) is 0 Å². The third-order valence-corrected chi connectivity index (χ3v) is 7.32. The number of thiophene rings is 1. The molecule has 2 amide bonds. The number of aliphatic imine (C=N–C) groups is 1. The highest BCUT2D eigenvalue weighted by molar-refractivity contribution is 8.00. The summed E-state index contributed by atoms with van der Waals surface area (Å²) in [5.74, 6) is -0.898. The first-order valence-corrected chi connectivity index (χ1v) is 12.1. The molecule has 4 rings (SSSR count). The number of nitrogens with zero attached hydrogens (tertiary/aromatic N) is 3. The summed E-state index contributed by atoms with van der Waals surface area (Å²) in [7, 11) is 1.42. The zero-order valence-corrected chi connectivity index (χ0v) is 19.5. The van der Waals surface area contributed by atoms with Crippen molar-refractivity contribution < 1.29 is 28.8 Å². The van der Waals surface area contributed by atoms with Gasteiger partial charge in [-0.3, -0.25) is 24.6 Å². The monoisotopic (exact) mass is 504 g/mol. The van der Waals surface area contributed by atoms with E-state index in [0.29, 0.717) is 11.3 Å². The van der Waals surface area contributed by atoms with Crippen LogP contribution in [0.3, 0.4) is 0 Å². The first-order chi connectivity index (χ1) is 16.4. The predicted molar refractivity (Wildman–Crippen MR) is 124 cm³/mol. The second kappa shape index (κ2) is 10.2. The van der Waals surface area contributed by atoms with E-state index in [-0.39, 0.29) is 30.5 Å². The molecular formula is C21H20N4O7S2. The fourth-order valence-corrected chi connectivity index (χ4v) is 5.43. The van der Waals surface area contributed by atoms with Crippen LogP contribution >= 0.6 is 23.1 Å². The number of nitrogens with one attached hydrogen (secondary N) is 1. The molecule has 0 saturated carbocycles. The third-order valence-electron chi connectivity index (χ3n) is 5.19. The molecule has 1 aromatic carbocycles. The highest BCUT2D eigenvalue weighted by Gasteiger charge is 2.55. The van der Waals surface area contributed by atoms with Crippen LogP contribution < -0.4 is 5.32 Å². The van der Waals surface area contributed by atoms with Crippen LogP contribution in [0.15, 0.2) is 46.8 Å². The lowest BCUT2D eigenvalue weighted by Gasteiger charge is -2.47. The molecule has 0 spiro atoms. The van der Waals surface area contributed by atoms with Crippen molar-refractivity contribution in [2.75, 3.05) is 12.9 Å². The fourth-order valence-electron chi connectivity index (χ4n) is 3.46. The standard InChI is InChI=1S/C21H20N4O7S2/c1-31-16-11-34-20-17(22-15(26)9-14-3-2-8-33-14)19(27)24(20)18(23-16)21(28)32-10-12-4-6-13(7-5-12)25(29)30/h2-8,17-18,20H,9-11H2,1H3,(H,22,26)/t17-,18+,20-/m0/s1. The number of ether oxygens (including phenoxy) is 2. The minimum Gasteiger partial charge on any atom is -0.484 e. The summed E-state index contributed by atoms with van der Waals surface area (Å²) in [6.45, 7) is -0.147. The van der Waals surface area contributed by atoms with E-state index >= 15 is 0 Å². The Morgan fingerprint density at radius 3 is 2.71 bits per heavy atom. The second-order valence-electron chi connectivity index (χ2n) is 7.38. The van der Waals surface area contributed by atoms with Crippen LogP contribution in [0.25, 0.3) is 0 Å². The predicted octanol–water partition coefficient (Wildman–Crippen LogP) is 1.71. The first-order valence-electron chi connectivity index (χ1n) is 10.1. The molecule has 1 N–H and O–H groups in total. The molecule has 0 unspecified atom stereocenters. The number of non-ortho nitro benzene ring substituents is 1. The Balaban J connectivity index is 1.42. The molecule has 0 bridgehead atoms. The number of rotatable bonds is 7. The minimum absolute atomic E-state index is 0.0774. The number of esters is 1. The van der Waals surface area contributed by atoms with E-state index in [9.17, 15) is 24.5 Å². The topological polar surface area (TPSA) is 140 Å². The number of nitro benzene ring substituents is 1. The van der Waals surface area contributed by atoms with Crippen LogP contribution in [0.5, 0.6) is 0 Å². The number of hydrogen-bond acceptors (Lipinski definition) is 10. The summed E-state index contributed by atoms with van der Waals surface area (Å²) in [4.78, 5) is 54.8. The lowest BCUT2D eigenvalue weighted by molar-refractivity contribution is -0.384. The van der Waals surface area contributed by atoms with E-state index in [1.807, 2.05) is 17.5 Å². The van der Waals surface area contributed by atoms with Gasteiger partial charge in [0.1, 0.15) is 18.0 Å². The summed E-state index contributed by atoms with van der Waals surface area (Å²) in [5.41, 5.74) is 0.467. The Labute approximate surface area is 202 Å². The normalized spacial score (nSPS) is 21.4. The maximum absolute atomic E-state index is 12.9. The third kappa shape index (κ3) is 5.04. The van der Waals surface area contributed by atoms with E-state index in [0.717, 1.165) is 4.88 Å². The van der Waals surface area contributed by atoms with Gasteiger partial charge in [-0.1, -0.05) is 6.07 Å². The fraction of sp³-hybridized carbons (Fsp3) is 0.333. The smallest absolute Gasteiger partial charge is 0.352 e. The minimum atomic E-state index is -1.26. The number of nitro groups is 1. The average molecular weight is 505 g/mol. The van der Waals surface area contributed by atoms with Crippen molar-refractivity contribution in [2.24, 2.45) is 4.99 Å². The first kappa shape index (κ1) is 23.7. The van der Waals surface area contributed by atoms with Crippen molar-refractivity contribution in [3.8, 4) is 0 Å². The molecule has 2 aliphatic heterocycles. The number of hydrogen-bond donors (Lipinski definition) is 1. The van der Waals surface area contributed by atoms with Gasteiger partial charge in [0.15, 0.2) is 5.90 Å². The van der Waals surface area contributed by atoms with E-state index in [1.165, 1.54) is 59.4 Å². The highest BCUT2D eigenvalue weighted by atomic mass is 32.2. The van der Waals surface area contributed by atoms with Crippen molar-refractivity contribution in [2.45, 2.75) is 30.6 Å². The molecule has 2 aliphatic rings. The lowest BCUT2D eigenvalue weighted by atomic mass is 10.1. The molecular weight excluding hydrogens is 484 g/mol. The van der Waals surface area contributed by atoms with Crippen molar-refractivity contribution in [3.63, 3.8) is 0 Å². The molecule has 3 atom stereocenters. The second-order valence-corrected chi connectivity index (χ2v) is 9.52. The molecule has 34 heavy (non-hydrogen) atoms. The van der Waals surface area contributed by atoms with Gasteiger partial charge in [0, 0.05) is 17.0 Å². The SMILES string of the molecule is COC1=N[C@@H](C(=O)OCc2ccc([N+](=O)[O-])cc2)N2C(=O)[C@H](NC(=O)Cc3cccs3)[C@@H]2SC1. The molecule has 11 nitrogen and oxygen atoms in total. The Morgan fingerprint density at radius 2 is 2.06 bits per heavy atom. The number of carbonyl (C=O) groups is 3. The Bertz CT molecular complexity index is 1120. The molecule has 13 heteroatoms. The summed E-state index contributed by atoms with van der Waals surface area (Å²) >= 11 is 2.79. The zero-order chi connectivity index (χ0) is 24.2. The zero-order valence-electron chi connectivity index (χ0n) is 17.9. The number of fused-ring (bicyclic) bond motifs is 1. The van der Waals surface area contributed by atoms with Crippen molar-refractivity contribution in [3.05, 3.63) is 62.3 Å². The molecule has 1 saturated heterocycles. The van der Waals surface area contributed by atoms with Gasteiger partial charge in [0.05, 0.1) is 24.2 Å². The number of β-lactam (4-membered cyclic amide) rings is 1. The molecule has 3 heterocycles. The maximum atomic E-state index is 12.9. The molecule has 1 fully saturated rings. The Hall–Kier alpha value is -3.45. The van der Waals surface area contributed by atoms with Crippen LogP contribution in [-0.2, 0) is 36.9 Å². The Morgan fingerprint density at radius 1 is 1.29 bits per heavy atom. The molecule has 178 valence electrons. The van der Waals surface area contributed by atoms with Gasteiger partial charge in [-0.2, -0.15) is 0 Å². The van der Waals surface area contributed by atoms with Gasteiger partial charge in [-0.25, -0.2) is 9.79 Å². The molecule has 0 radical (unpaired) electrons. The molecule has 1 aromatic heterocycles. The van der Waals surface area contributed by atoms with E-state index in [1.54, 1.807) is 0 Å². The molecule has 0 aliphatic carbocycles. The van der Waals surface area contributed by atoms with Gasteiger partial charge in [-0.05, 0) is 29.1 Å². The van der Waals surface area contributed by atoms with E-state index < -0.39 is 34.4 Å². The van der Waals surface area contributed by atoms with Gasteiger partial charge < -0.3 is 14.8 Å². The summed E-state index contributed by atoms with van der Waals surface area (Å²) in [6, 6.07) is 8.49. The quantitative estimate of drug-likeness (QED) is 0.260. The van der Waals surface area contributed by atoms with Crippen LogP contribution in [0.2, 0.25) is 0 Å². The number of amides is 2. The number of carbonyl (C=O) groups excluding carboxylic acids is 3. The van der Waals surface area contributed by atoms with Crippen molar-refractivity contribution in [1.82, 2.24) is 10.2 Å². The molecule has 2 aromatic rings. The summed E-state index contributed by atoms with van der Waals surface area (Å²) < 4.78 is 10.6. The van der Waals surface area contributed by atoms with Crippen LogP contribution in [0.4, 0.5) is 5.69 Å². The van der Waals surface area contributed by atoms with Crippen LogP contribution in [-0.4, -0.2) is 63.9 Å². The van der Waals surface area contributed by atoms with Crippen LogP contribution in [0, 0.1) is 10.1 Å². The summed E-state index contributed by atoms with van der Waals surface area (Å²) in [5, 5.41) is 14.9. The van der Waals surface area contributed by atoms with Crippen LogP contribution in [0.1, 0.15) is 10.4 Å². The van der Waals surface area contributed by atoms with Gasteiger partial charge >= 0.3 is 5.97 Å². The lowest BCUT2D eigenvalue weighted by Crippen LogP contribution is -2.72. The number of benzene rings is 1. The van der Waals surface area contributed by atoms with E-state index in [2.05, 4.69) is 10.3 Å². The van der Waals surface area contributed by atoms with Gasteiger partial charge in [-0.15, -0.1) is 23.1 Å². The number of methoxy groups -OCH3 is 1. The maximum Gasteiger partial charge on any atom is 0.352 e. The highest BCUT2D eigenvalue weighted by Crippen LogP contribution is 2.35. The Kier molecular flexibility index (Phi) is 7.12. The van der Waals surface area contributed by atoms with Crippen molar-refractivity contribution >= 4 is 52.5 Å². The average Bonchev–Trinajstić information content (AvgIpc) is 3.27. The van der Waals surface area contributed by atoms with E-state index in [4.69, 9.17) is 9.47 Å². The number of thioether (sulfide) groups is 1.